The molecule has 0 aliphatic carbocycles. The van der Waals surface area contributed by atoms with Gasteiger partial charge in [0.05, 0.1) is 17.9 Å². The first kappa shape index (κ1) is 17.8. The molecule has 0 radical (unpaired) electrons. The van der Waals surface area contributed by atoms with Crippen LogP contribution < -0.4 is 15.8 Å². The van der Waals surface area contributed by atoms with Crippen LogP contribution in [0, 0.1) is 5.92 Å². The van der Waals surface area contributed by atoms with Crippen molar-refractivity contribution < 1.29 is 19.1 Å². The monoisotopic (exact) mass is 308 g/mol. The minimum atomic E-state index is -0.423. The first-order chi connectivity index (χ1) is 10.4. The average molecular weight is 308 g/mol. The molecular weight excluding hydrogens is 284 g/mol. The number of nitrogens with one attached hydrogen (secondary N) is 1. The van der Waals surface area contributed by atoms with Crippen molar-refractivity contribution in [2.75, 3.05) is 25.5 Å². The molecule has 0 saturated heterocycles. The lowest BCUT2D eigenvalue weighted by molar-refractivity contribution is -0.123. The molecule has 0 heterocycles. The summed E-state index contributed by atoms with van der Waals surface area (Å²) in [6, 6.07) is 4.62. The van der Waals surface area contributed by atoms with Gasteiger partial charge in [-0.05, 0) is 30.5 Å². The van der Waals surface area contributed by atoms with E-state index < -0.39 is 5.97 Å². The Morgan fingerprint density at radius 2 is 2.05 bits per heavy atom. The zero-order chi connectivity index (χ0) is 16.5. The van der Waals surface area contributed by atoms with Crippen molar-refractivity contribution in [2.24, 2.45) is 5.92 Å². The number of carbonyl (C=O) groups is 2. The Kier molecular flexibility index (Phi) is 7.22. The first-order valence-electron chi connectivity index (χ1n) is 7.40. The molecule has 1 aromatic rings. The Morgan fingerprint density at radius 1 is 1.32 bits per heavy atom. The SMILES string of the molecule is CCCNC(=O)COc1ccc(C(=O)OCC(C)C)cc1N. The van der Waals surface area contributed by atoms with Crippen LogP contribution in [-0.4, -0.2) is 31.6 Å². The van der Waals surface area contributed by atoms with Gasteiger partial charge in [0.2, 0.25) is 0 Å². The van der Waals surface area contributed by atoms with E-state index >= 15 is 0 Å². The van der Waals surface area contributed by atoms with E-state index in [0.717, 1.165) is 6.42 Å². The van der Waals surface area contributed by atoms with Gasteiger partial charge in [0.15, 0.2) is 6.61 Å². The minimum Gasteiger partial charge on any atom is -0.482 e. The van der Waals surface area contributed by atoms with Crippen LogP contribution in [0.1, 0.15) is 37.6 Å². The van der Waals surface area contributed by atoms with Crippen LogP contribution in [-0.2, 0) is 9.53 Å². The number of rotatable bonds is 8. The number of benzene rings is 1. The molecule has 0 unspecified atom stereocenters. The van der Waals surface area contributed by atoms with Gasteiger partial charge in [0.1, 0.15) is 5.75 Å². The van der Waals surface area contributed by atoms with Crippen molar-refractivity contribution in [3.05, 3.63) is 23.8 Å². The molecule has 3 N–H and O–H groups in total. The number of nitrogen functional groups attached to an aromatic ring is 1. The van der Waals surface area contributed by atoms with Crippen molar-refractivity contribution in [2.45, 2.75) is 27.2 Å². The fraction of sp³-hybridized carbons (Fsp3) is 0.500. The topological polar surface area (TPSA) is 90.6 Å². The Bertz CT molecular complexity index is 515. The molecule has 122 valence electrons. The van der Waals surface area contributed by atoms with E-state index in [4.69, 9.17) is 15.2 Å². The lowest BCUT2D eigenvalue weighted by Crippen LogP contribution is -2.29. The van der Waals surface area contributed by atoms with E-state index in [-0.39, 0.29) is 18.4 Å². The second-order valence-electron chi connectivity index (χ2n) is 5.38. The molecule has 0 fully saturated rings. The highest BCUT2D eigenvalue weighted by atomic mass is 16.5. The number of hydrogen-bond acceptors (Lipinski definition) is 5. The average Bonchev–Trinajstić information content (AvgIpc) is 2.49. The maximum Gasteiger partial charge on any atom is 0.338 e. The normalized spacial score (nSPS) is 10.4. The summed E-state index contributed by atoms with van der Waals surface area (Å²) in [7, 11) is 0. The van der Waals surface area contributed by atoms with E-state index in [1.165, 1.54) is 6.07 Å². The van der Waals surface area contributed by atoms with Gasteiger partial charge in [-0.3, -0.25) is 4.79 Å². The predicted octanol–water partition coefficient (Wildman–Crippen LogP) is 1.99. The molecular formula is C16H24N2O4. The molecule has 6 heteroatoms. The fourth-order valence-corrected chi connectivity index (χ4v) is 1.59. The molecule has 1 aromatic carbocycles. The molecule has 6 nitrogen and oxygen atoms in total. The van der Waals surface area contributed by atoms with Crippen LogP contribution in [0.2, 0.25) is 0 Å². The van der Waals surface area contributed by atoms with Gasteiger partial charge in [0, 0.05) is 6.54 Å². The molecule has 0 aliphatic heterocycles. The van der Waals surface area contributed by atoms with Gasteiger partial charge in [-0.2, -0.15) is 0 Å². The molecule has 0 saturated carbocycles. The summed E-state index contributed by atoms with van der Waals surface area (Å²) >= 11 is 0. The fourth-order valence-electron chi connectivity index (χ4n) is 1.59. The van der Waals surface area contributed by atoms with Gasteiger partial charge in [-0.25, -0.2) is 4.79 Å². The third-order valence-electron chi connectivity index (χ3n) is 2.72. The zero-order valence-electron chi connectivity index (χ0n) is 13.3. The van der Waals surface area contributed by atoms with Gasteiger partial charge in [-0.15, -0.1) is 0 Å². The Morgan fingerprint density at radius 3 is 2.64 bits per heavy atom. The Labute approximate surface area is 131 Å². The second-order valence-corrected chi connectivity index (χ2v) is 5.38. The molecule has 0 atom stereocenters. The highest BCUT2D eigenvalue weighted by Gasteiger charge is 2.11. The van der Waals surface area contributed by atoms with E-state index in [2.05, 4.69) is 5.32 Å². The molecule has 0 spiro atoms. The Hall–Kier alpha value is -2.24. The zero-order valence-corrected chi connectivity index (χ0v) is 13.3. The van der Waals surface area contributed by atoms with E-state index in [1.54, 1.807) is 12.1 Å². The van der Waals surface area contributed by atoms with Crippen LogP contribution in [0.4, 0.5) is 5.69 Å². The first-order valence-corrected chi connectivity index (χ1v) is 7.40. The van der Waals surface area contributed by atoms with Crippen LogP contribution in [0.25, 0.3) is 0 Å². The van der Waals surface area contributed by atoms with Gasteiger partial charge < -0.3 is 20.5 Å². The third kappa shape index (κ3) is 6.03. The minimum absolute atomic E-state index is 0.110. The number of carbonyl (C=O) groups excluding carboxylic acids is 2. The standard InChI is InChI=1S/C16H24N2O4/c1-4-7-18-15(19)10-21-14-6-5-12(8-13(14)17)16(20)22-9-11(2)3/h5-6,8,11H,4,7,9-10,17H2,1-3H3,(H,18,19). The molecule has 1 rings (SSSR count). The molecule has 0 aromatic heterocycles. The Balaban J connectivity index is 2.58. The van der Waals surface area contributed by atoms with Crippen molar-refractivity contribution in [3.8, 4) is 5.75 Å². The largest absolute Gasteiger partial charge is 0.482 e. The highest BCUT2D eigenvalue weighted by molar-refractivity contribution is 5.91. The number of amides is 1. The molecule has 0 aliphatic rings. The summed E-state index contributed by atoms with van der Waals surface area (Å²) in [5.74, 6) is 0.00639. The summed E-state index contributed by atoms with van der Waals surface area (Å²) in [6.07, 6.45) is 0.862. The summed E-state index contributed by atoms with van der Waals surface area (Å²) in [5, 5.41) is 2.70. The lowest BCUT2D eigenvalue weighted by atomic mass is 10.2. The van der Waals surface area contributed by atoms with Crippen molar-refractivity contribution in [3.63, 3.8) is 0 Å². The molecule has 22 heavy (non-hydrogen) atoms. The van der Waals surface area contributed by atoms with Gasteiger partial charge in [0.25, 0.3) is 5.91 Å². The summed E-state index contributed by atoms with van der Waals surface area (Å²) in [4.78, 5) is 23.3. The van der Waals surface area contributed by atoms with E-state index in [1.807, 2.05) is 20.8 Å². The summed E-state index contributed by atoms with van der Waals surface area (Å²) in [6.45, 7) is 6.74. The summed E-state index contributed by atoms with van der Waals surface area (Å²) in [5.41, 5.74) is 6.49. The second kappa shape index (κ2) is 8.92. The van der Waals surface area contributed by atoms with Crippen molar-refractivity contribution >= 4 is 17.6 Å². The molecule has 0 bridgehead atoms. The smallest absolute Gasteiger partial charge is 0.338 e. The summed E-state index contributed by atoms with van der Waals surface area (Å²) < 4.78 is 10.5. The number of ether oxygens (including phenoxy) is 2. The van der Waals surface area contributed by atoms with Crippen molar-refractivity contribution in [1.29, 1.82) is 0 Å². The highest BCUT2D eigenvalue weighted by Crippen LogP contribution is 2.23. The lowest BCUT2D eigenvalue weighted by Gasteiger charge is -2.11. The maximum atomic E-state index is 11.8. The molecule has 1 amide bonds. The van der Waals surface area contributed by atoms with Crippen LogP contribution >= 0.6 is 0 Å². The van der Waals surface area contributed by atoms with Crippen LogP contribution in [0.15, 0.2) is 18.2 Å². The quantitative estimate of drug-likeness (QED) is 0.566. The van der Waals surface area contributed by atoms with Gasteiger partial charge in [-0.1, -0.05) is 20.8 Å². The number of nitrogens with two attached hydrogens (primary N) is 1. The van der Waals surface area contributed by atoms with Crippen LogP contribution in [0.5, 0.6) is 5.75 Å². The van der Waals surface area contributed by atoms with Crippen LogP contribution in [0.3, 0.4) is 0 Å². The predicted molar refractivity (Wildman–Crippen MR) is 84.8 cm³/mol. The van der Waals surface area contributed by atoms with Gasteiger partial charge >= 0.3 is 5.97 Å². The third-order valence-corrected chi connectivity index (χ3v) is 2.72. The number of anilines is 1. The number of esters is 1. The van der Waals surface area contributed by atoms with E-state index in [9.17, 15) is 9.59 Å². The number of hydrogen-bond donors (Lipinski definition) is 2. The van der Waals surface area contributed by atoms with E-state index in [0.29, 0.717) is 30.2 Å². The van der Waals surface area contributed by atoms with Crippen molar-refractivity contribution in [1.82, 2.24) is 5.32 Å². The maximum absolute atomic E-state index is 11.8.